The fourth-order valence-electron chi connectivity index (χ4n) is 2.60. The van der Waals surface area contributed by atoms with E-state index in [-0.39, 0.29) is 11.6 Å². The Morgan fingerprint density at radius 2 is 2.00 bits per heavy atom. The summed E-state index contributed by atoms with van der Waals surface area (Å²) in [6, 6.07) is 3.60. The van der Waals surface area contributed by atoms with Crippen LogP contribution < -0.4 is 5.32 Å². The van der Waals surface area contributed by atoms with Gasteiger partial charge in [0, 0.05) is 12.1 Å². The Morgan fingerprint density at radius 1 is 1.26 bits per heavy atom. The normalized spacial score (nSPS) is 17.8. The molecule has 1 aromatic rings. The molecule has 0 saturated carbocycles. The van der Waals surface area contributed by atoms with Crippen LogP contribution in [0.1, 0.15) is 25.3 Å². The molecule has 106 valence electrons. The molecule has 1 heterocycles. The minimum atomic E-state index is -0.380. The van der Waals surface area contributed by atoms with E-state index in [1.807, 2.05) is 0 Å². The molecule has 1 aliphatic heterocycles. The number of hydrogen-bond donors (Lipinski definition) is 1. The second-order valence-electron chi connectivity index (χ2n) is 5.24. The van der Waals surface area contributed by atoms with Gasteiger partial charge in [0.25, 0.3) is 0 Å². The van der Waals surface area contributed by atoms with E-state index >= 15 is 0 Å². The highest BCUT2D eigenvalue weighted by Gasteiger charge is 2.17. The molecule has 1 saturated heterocycles. The second-order valence-corrected chi connectivity index (χ2v) is 5.24. The minimum absolute atomic E-state index is 0.338. The third-order valence-electron chi connectivity index (χ3n) is 3.91. The number of nitrogens with zero attached hydrogens (tertiary/aromatic N) is 1. The van der Waals surface area contributed by atoms with E-state index in [1.165, 1.54) is 25.0 Å². The van der Waals surface area contributed by atoms with Crippen LogP contribution in [0, 0.1) is 17.6 Å². The van der Waals surface area contributed by atoms with Crippen LogP contribution in [0.5, 0.6) is 0 Å². The van der Waals surface area contributed by atoms with Gasteiger partial charge in [-0.2, -0.15) is 0 Å². The molecule has 0 aromatic heterocycles. The molecule has 1 aromatic carbocycles. The Labute approximate surface area is 113 Å². The van der Waals surface area contributed by atoms with Crippen molar-refractivity contribution in [2.75, 3.05) is 26.2 Å². The summed E-state index contributed by atoms with van der Waals surface area (Å²) < 4.78 is 26.4. The predicted octanol–water partition coefficient (Wildman–Crippen LogP) is 2.79. The molecule has 0 aliphatic carbocycles. The van der Waals surface area contributed by atoms with Gasteiger partial charge >= 0.3 is 0 Å². The number of benzene rings is 1. The maximum absolute atomic E-state index is 13.4. The Kier molecular flexibility index (Phi) is 5.28. The first-order valence-electron chi connectivity index (χ1n) is 7.06. The summed E-state index contributed by atoms with van der Waals surface area (Å²) in [5.41, 5.74) is 0.408. The van der Waals surface area contributed by atoms with E-state index in [1.54, 1.807) is 0 Å². The van der Waals surface area contributed by atoms with Crippen LogP contribution >= 0.6 is 0 Å². The van der Waals surface area contributed by atoms with Crippen molar-refractivity contribution in [3.63, 3.8) is 0 Å². The summed E-state index contributed by atoms with van der Waals surface area (Å²) in [6.07, 6.45) is 2.37. The van der Waals surface area contributed by atoms with Crippen molar-refractivity contribution in [2.45, 2.75) is 26.3 Å². The van der Waals surface area contributed by atoms with E-state index in [0.29, 0.717) is 18.0 Å². The van der Waals surface area contributed by atoms with Crippen molar-refractivity contribution in [1.82, 2.24) is 10.2 Å². The largest absolute Gasteiger partial charge is 0.312 e. The number of piperidine rings is 1. The Balaban J connectivity index is 1.73. The average molecular weight is 268 g/mol. The Bertz CT molecular complexity index is 401. The topological polar surface area (TPSA) is 15.3 Å². The quantitative estimate of drug-likeness (QED) is 0.883. The van der Waals surface area contributed by atoms with Crippen molar-refractivity contribution in [3.05, 3.63) is 35.4 Å². The van der Waals surface area contributed by atoms with Crippen molar-refractivity contribution in [2.24, 2.45) is 5.92 Å². The molecule has 0 radical (unpaired) electrons. The van der Waals surface area contributed by atoms with E-state index < -0.39 is 0 Å². The van der Waals surface area contributed by atoms with E-state index in [2.05, 4.69) is 17.1 Å². The summed E-state index contributed by atoms with van der Waals surface area (Å²) in [5.74, 6) is -0.0661. The molecular formula is C15H22F2N2. The zero-order valence-corrected chi connectivity index (χ0v) is 11.5. The van der Waals surface area contributed by atoms with Gasteiger partial charge in [-0.3, -0.25) is 0 Å². The Hall–Kier alpha value is -1.00. The number of likely N-dealkylation sites (tertiary alicyclic amines) is 1. The van der Waals surface area contributed by atoms with Gasteiger partial charge < -0.3 is 10.2 Å². The van der Waals surface area contributed by atoms with Gasteiger partial charge in [-0.15, -0.1) is 0 Å². The highest BCUT2D eigenvalue weighted by Crippen LogP contribution is 2.16. The molecule has 1 fully saturated rings. The first-order chi connectivity index (χ1) is 9.19. The lowest BCUT2D eigenvalue weighted by Gasteiger charge is -2.31. The fraction of sp³-hybridized carbons (Fsp3) is 0.600. The smallest absolute Gasteiger partial charge is 0.127 e. The van der Waals surface area contributed by atoms with Gasteiger partial charge in [0.2, 0.25) is 0 Å². The van der Waals surface area contributed by atoms with Crippen LogP contribution in [0.25, 0.3) is 0 Å². The molecule has 2 nitrogen and oxygen atoms in total. The van der Waals surface area contributed by atoms with Gasteiger partial charge in [0.15, 0.2) is 0 Å². The predicted molar refractivity (Wildman–Crippen MR) is 72.9 cm³/mol. The van der Waals surface area contributed by atoms with E-state index in [0.717, 1.165) is 32.2 Å². The molecule has 2 rings (SSSR count). The summed E-state index contributed by atoms with van der Waals surface area (Å²) in [6.45, 7) is 6.89. The summed E-state index contributed by atoms with van der Waals surface area (Å²) in [7, 11) is 0. The van der Waals surface area contributed by atoms with Crippen LogP contribution in [0.2, 0.25) is 0 Å². The zero-order valence-electron chi connectivity index (χ0n) is 11.5. The van der Waals surface area contributed by atoms with Crippen LogP contribution in [-0.2, 0) is 6.54 Å². The van der Waals surface area contributed by atoms with Gasteiger partial charge in [-0.25, -0.2) is 8.78 Å². The summed E-state index contributed by atoms with van der Waals surface area (Å²) in [5, 5.41) is 3.25. The number of hydrogen-bond acceptors (Lipinski definition) is 2. The highest BCUT2D eigenvalue weighted by atomic mass is 19.1. The van der Waals surface area contributed by atoms with Crippen molar-refractivity contribution in [3.8, 4) is 0 Å². The molecule has 0 bridgehead atoms. The third-order valence-corrected chi connectivity index (χ3v) is 3.91. The SMILES string of the molecule is CCN1CCC(CNCc2cc(F)ccc2F)CC1. The molecule has 4 heteroatoms. The van der Waals surface area contributed by atoms with E-state index in [9.17, 15) is 8.78 Å². The van der Waals surface area contributed by atoms with Crippen molar-refractivity contribution < 1.29 is 8.78 Å². The van der Waals surface area contributed by atoms with Crippen LogP contribution in [0.15, 0.2) is 18.2 Å². The lowest BCUT2D eigenvalue weighted by Crippen LogP contribution is -2.37. The van der Waals surface area contributed by atoms with Gasteiger partial charge in [0.05, 0.1) is 0 Å². The molecule has 0 spiro atoms. The highest BCUT2D eigenvalue weighted by molar-refractivity contribution is 5.18. The molecule has 19 heavy (non-hydrogen) atoms. The van der Waals surface area contributed by atoms with Crippen LogP contribution in [0.4, 0.5) is 8.78 Å². The third kappa shape index (κ3) is 4.25. The minimum Gasteiger partial charge on any atom is -0.312 e. The first kappa shape index (κ1) is 14.4. The van der Waals surface area contributed by atoms with Gasteiger partial charge in [0.1, 0.15) is 11.6 Å². The van der Waals surface area contributed by atoms with Gasteiger partial charge in [-0.1, -0.05) is 6.92 Å². The molecular weight excluding hydrogens is 246 g/mol. The lowest BCUT2D eigenvalue weighted by atomic mass is 9.97. The maximum atomic E-state index is 13.4. The molecule has 1 N–H and O–H groups in total. The molecule has 0 unspecified atom stereocenters. The van der Waals surface area contributed by atoms with E-state index in [4.69, 9.17) is 0 Å². The molecule has 1 aliphatic rings. The average Bonchev–Trinajstić information content (AvgIpc) is 2.43. The van der Waals surface area contributed by atoms with Crippen molar-refractivity contribution in [1.29, 1.82) is 0 Å². The summed E-state index contributed by atoms with van der Waals surface area (Å²) >= 11 is 0. The molecule has 0 amide bonds. The monoisotopic (exact) mass is 268 g/mol. The number of halogens is 2. The number of nitrogens with one attached hydrogen (secondary N) is 1. The van der Waals surface area contributed by atoms with Crippen LogP contribution in [-0.4, -0.2) is 31.1 Å². The first-order valence-corrected chi connectivity index (χ1v) is 7.06. The maximum Gasteiger partial charge on any atom is 0.127 e. The van der Waals surface area contributed by atoms with Crippen molar-refractivity contribution >= 4 is 0 Å². The lowest BCUT2D eigenvalue weighted by molar-refractivity contribution is 0.190. The fourth-order valence-corrected chi connectivity index (χ4v) is 2.60. The van der Waals surface area contributed by atoms with Gasteiger partial charge in [-0.05, 0) is 63.1 Å². The zero-order chi connectivity index (χ0) is 13.7. The Morgan fingerprint density at radius 3 is 2.68 bits per heavy atom. The standard InChI is InChI=1S/C15H22F2N2/c1-2-19-7-5-12(6-8-19)10-18-11-13-9-14(16)3-4-15(13)17/h3-4,9,12,18H,2,5-8,10-11H2,1H3. The molecule has 0 atom stereocenters. The van der Waals surface area contributed by atoms with Crippen LogP contribution in [0.3, 0.4) is 0 Å². The second kappa shape index (κ2) is 6.96. The number of rotatable bonds is 5. The summed E-state index contributed by atoms with van der Waals surface area (Å²) in [4.78, 5) is 2.45.